The Balaban J connectivity index is 1.86. The molecule has 1 rings (SSSR count). The molecule has 1 heterocycles. The minimum absolute atomic E-state index is 0.292. The molecule has 5 N–H and O–H groups in total. The van der Waals surface area contributed by atoms with Gasteiger partial charge in [-0.15, -0.1) is 0 Å². The number of likely N-dealkylation sites (tertiary alicyclic amines) is 1. The van der Waals surface area contributed by atoms with Crippen molar-refractivity contribution in [3.8, 4) is 0 Å². The second-order valence-corrected chi connectivity index (χ2v) is 5.75. The van der Waals surface area contributed by atoms with Crippen LogP contribution in [0.4, 0.5) is 0 Å². The van der Waals surface area contributed by atoms with E-state index < -0.39 is 0 Å². The fraction of sp³-hybridized carbons (Fsp3) is 0.923. The molecular weight excluding hydrogens is 322 g/mol. The highest BCUT2D eigenvalue weighted by molar-refractivity contribution is 9.09. The number of amides is 1. The Morgan fingerprint density at radius 3 is 2.25 bits per heavy atom. The van der Waals surface area contributed by atoms with Crippen LogP contribution in [0.25, 0.3) is 0 Å². The Labute approximate surface area is 130 Å². The largest absolute Gasteiger partial charge is 0.341 e. The van der Waals surface area contributed by atoms with Crippen LogP contribution in [0.5, 0.6) is 0 Å². The van der Waals surface area contributed by atoms with Crippen LogP contribution < -0.4 is 21.7 Å². The predicted molar refractivity (Wildman–Crippen MR) is 86.1 cm³/mol. The van der Waals surface area contributed by atoms with Gasteiger partial charge in [0.2, 0.25) is 5.91 Å². The van der Waals surface area contributed by atoms with Gasteiger partial charge in [0.05, 0.1) is 0 Å². The Kier molecular flexibility index (Phi) is 10.2. The van der Waals surface area contributed by atoms with Gasteiger partial charge in [0.25, 0.3) is 0 Å². The molecule has 0 aromatic heterocycles. The molecule has 0 saturated carbocycles. The van der Waals surface area contributed by atoms with Gasteiger partial charge < -0.3 is 26.6 Å². The Morgan fingerprint density at radius 1 is 1.10 bits per heavy atom. The number of hydrogen-bond acceptors (Lipinski definition) is 5. The van der Waals surface area contributed by atoms with Gasteiger partial charge in [-0.05, 0) is 5.92 Å². The third-order valence-corrected chi connectivity index (χ3v) is 4.27. The maximum atomic E-state index is 11.7. The first kappa shape index (κ1) is 17.8. The normalized spacial score (nSPS) is 19.0. The average Bonchev–Trinajstić information content (AvgIpc) is 2.81. The van der Waals surface area contributed by atoms with Crippen molar-refractivity contribution in [1.29, 1.82) is 0 Å². The summed E-state index contributed by atoms with van der Waals surface area (Å²) in [6.07, 6.45) is 0.697. The van der Waals surface area contributed by atoms with Gasteiger partial charge in [-0.3, -0.25) is 4.79 Å². The molecule has 0 aliphatic carbocycles. The van der Waals surface area contributed by atoms with E-state index in [-0.39, 0.29) is 0 Å². The average molecular weight is 350 g/mol. The quantitative estimate of drug-likeness (QED) is 0.267. The topological polar surface area (TPSA) is 82.4 Å². The van der Waals surface area contributed by atoms with Crippen LogP contribution in [0.1, 0.15) is 6.42 Å². The van der Waals surface area contributed by atoms with Crippen LogP contribution in [0.2, 0.25) is 0 Å². The van der Waals surface area contributed by atoms with E-state index in [2.05, 4.69) is 31.9 Å². The molecule has 0 radical (unpaired) electrons. The van der Waals surface area contributed by atoms with Crippen molar-refractivity contribution in [2.75, 3.05) is 64.2 Å². The lowest BCUT2D eigenvalue weighted by Crippen LogP contribution is -2.37. The van der Waals surface area contributed by atoms with E-state index in [1.165, 1.54) is 0 Å². The molecule has 1 aliphatic heterocycles. The number of carbonyl (C=O) groups excluding carboxylic acids is 1. The van der Waals surface area contributed by atoms with Crippen LogP contribution in [0, 0.1) is 5.92 Å². The Bertz CT molecular complexity index is 267. The minimum Gasteiger partial charge on any atom is -0.341 e. The molecule has 1 aliphatic rings. The van der Waals surface area contributed by atoms with E-state index in [9.17, 15) is 4.79 Å². The van der Waals surface area contributed by atoms with E-state index in [1.54, 1.807) is 0 Å². The molecule has 118 valence electrons. The van der Waals surface area contributed by atoms with E-state index in [0.29, 0.717) is 24.8 Å². The molecular formula is C13H28BrN5O. The van der Waals surface area contributed by atoms with E-state index in [4.69, 9.17) is 5.73 Å². The zero-order valence-electron chi connectivity index (χ0n) is 12.2. The van der Waals surface area contributed by atoms with Crippen molar-refractivity contribution >= 4 is 21.8 Å². The lowest BCUT2D eigenvalue weighted by Gasteiger charge is -2.16. The zero-order valence-corrected chi connectivity index (χ0v) is 13.8. The van der Waals surface area contributed by atoms with Crippen LogP contribution in [0.3, 0.4) is 0 Å². The summed E-state index contributed by atoms with van der Waals surface area (Å²) in [5, 5.41) is 10.9. The molecule has 1 amide bonds. The van der Waals surface area contributed by atoms with Crippen LogP contribution in [-0.2, 0) is 4.79 Å². The highest BCUT2D eigenvalue weighted by Gasteiger charge is 2.27. The first-order valence-corrected chi connectivity index (χ1v) is 8.56. The first-order valence-electron chi connectivity index (χ1n) is 7.44. The fourth-order valence-corrected chi connectivity index (χ4v) is 2.65. The summed E-state index contributed by atoms with van der Waals surface area (Å²) in [5.41, 5.74) is 5.38. The molecule has 20 heavy (non-hydrogen) atoms. The molecule has 6 nitrogen and oxygen atoms in total. The number of nitrogens with two attached hydrogens (primary N) is 1. The van der Waals surface area contributed by atoms with Gasteiger partial charge in [0, 0.05) is 70.7 Å². The lowest BCUT2D eigenvalue weighted by atomic mass is 10.2. The fourth-order valence-electron chi connectivity index (χ4n) is 2.22. The molecule has 1 saturated heterocycles. The zero-order chi connectivity index (χ0) is 14.6. The van der Waals surface area contributed by atoms with E-state index >= 15 is 0 Å². The molecule has 0 bridgehead atoms. The summed E-state index contributed by atoms with van der Waals surface area (Å²) in [7, 11) is 0. The number of hydrogen-bond donors (Lipinski definition) is 4. The molecule has 7 heteroatoms. The third-order valence-electron chi connectivity index (χ3n) is 3.35. The summed E-state index contributed by atoms with van der Waals surface area (Å²) >= 11 is 3.45. The van der Waals surface area contributed by atoms with Gasteiger partial charge in [-0.25, -0.2) is 0 Å². The Morgan fingerprint density at radius 2 is 1.70 bits per heavy atom. The highest BCUT2D eigenvalue weighted by Crippen LogP contribution is 2.18. The second-order valence-electron chi connectivity index (χ2n) is 5.10. The number of rotatable bonds is 12. The standard InChI is InChI=1S/C13H28BrN5O/c14-10-12-9-13(20)19(11-12)8-7-18-6-5-17-4-3-16-2-1-15/h12,16-18H,1-11,15H2. The number of carbonyl (C=O) groups is 1. The molecule has 0 aromatic rings. The van der Waals surface area contributed by atoms with Crippen molar-refractivity contribution in [2.24, 2.45) is 11.7 Å². The van der Waals surface area contributed by atoms with Gasteiger partial charge in [0.15, 0.2) is 0 Å². The van der Waals surface area contributed by atoms with Gasteiger partial charge in [-0.1, -0.05) is 15.9 Å². The molecule has 1 fully saturated rings. The second kappa shape index (κ2) is 11.4. The predicted octanol–water partition coefficient (Wildman–Crippen LogP) is -1.04. The van der Waals surface area contributed by atoms with Crippen molar-refractivity contribution in [1.82, 2.24) is 20.9 Å². The van der Waals surface area contributed by atoms with Gasteiger partial charge in [-0.2, -0.15) is 0 Å². The summed E-state index contributed by atoms with van der Waals surface area (Å²) in [6, 6.07) is 0. The van der Waals surface area contributed by atoms with Crippen molar-refractivity contribution in [3.63, 3.8) is 0 Å². The number of nitrogens with zero attached hydrogens (tertiary/aromatic N) is 1. The molecule has 0 spiro atoms. The van der Waals surface area contributed by atoms with Crippen molar-refractivity contribution in [2.45, 2.75) is 6.42 Å². The van der Waals surface area contributed by atoms with E-state index in [0.717, 1.165) is 57.7 Å². The maximum Gasteiger partial charge on any atom is 0.222 e. The van der Waals surface area contributed by atoms with Gasteiger partial charge >= 0.3 is 0 Å². The summed E-state index contributed by atoms with van der Waals surface area (Å²) < 4.78 is 0. The monoisotopic (exact) mass is 349 g/mol. The number of halogens is 1. The van der Waals surface area contributed by atoms with Crippen molar-refractivity contribution in [3.05, 3.63) is 0 Å². The highest BCUT2D eigenvalue weighted by atomic mass is 79.9. The number of alkyl halides is 1. The number of nitrogens with one attached hydrogen (secondary N) is 3. The van der Waals surface area contributed by atoms with Gasteiger partial charge in [0.1, 0.15) is 0 Å². The molecule has 1 atom stereocenters. The molecule has 1 unspecified atom stereocenters. The summed E-state index contributed by atoms with van der Waals surface area (Å²) in [5.74, 6) is 0.783. The van der Waals surface area contributed by atoms with E-state index in [1.807, 2.05) is 4.90 Å². The van der Waals surface area contributed by atoms with Crippen molar-refractivity contribution < 1.29 is 4.79 Å². The van der Waals surface area contributed by atoms with Crippen LogP contribution in [-0.4, -0.2) is 75.0 Å². The summed E-state index contributed by atoms with van der Waals surface area (Å²) in [6.45, 7) is 7.94. The minimum atomic E-state index is 0.292. The molecule has 0 aromatic carbocycles. The van der Waals surface area contributed by atoms with Crippen LogP contribution >= 0.6 is 15.9 Å². The summed E-state index contributed by atoms with van der Waals surface area (Å²) in [4.78, 5) is 13.6. The first-order chi connectivity index (χ1) is 9.77. The smallest absolute Gasteiger partial charge is 0.222 e. The SMILES string of the molecule is NCCNCCNCCNCCN1CC(CBr)CC1=O. The maximum absolute atomic E-state index is 11.7. The Hall–Kier alpha value is -0.210. The van der Waals surface area contributed by atoms with Crippen LogP contribution in [0.15, 0.2) is 0 Å². The third kappa shape index (κ3) is 7.54. The lowest BCUT2D eigenvalue weighted by molar-refractivity contribution is -0.127.